The molecule has 16 heavy (non-hydrogen) atoms. The van der Waals surface area contributed by atoms with Gasteiger partial charge in [-0.05, 0) is 0 Å². The molecule has 0 rings (SSSR count). The fourth-order valence-electron chi connectivity index (χ4n) is 0.356. The van der Waals surface area contributed by atoms with E-state index in [9.17, 15) is 9.59 Å². The monoisotopic (exact) mass is 272 g/mol. The minimum atomic E-state index is -0.522. The number of alkyl halides is 1. The third-order valence-electron chi connectivity index (χ3n) is 0.655. The summed E-state index contributed by atoms with van der Waals surface area (Å²) < 4.78 is 0. The predicted molar refractivity (Wildman–Crippen MR) is 65.3 cm³/mol. The van der Waals surface area contributed by atoms with E-state index in [0.717, 1.165) is 0 Å². The molecule has 0 aromatic rings. The molecule has 10 heteroatoms. The number of halogens is 2. The smallest absolute Gasteiger partial charge is 0.263 e. The Bertz CT molecular complexity index is 283. The molecule has 0 saturated heterocycles. The van der Waals surface area contributed by atoms with E-state index >= 15 is 0 Å². The second-order valence-corrected chi connectivity index (χ2v) is 2.39. The molecule has 8 nitrogen and oxygen atoms in total. The number of rotatable bonds is 1. The highest BCUT2D eigenvalue weighted by Gasteiger charge is 1.92. The first-order chi connectivity index (χ1) is 6.79. The second-order valence-electron chi connectivity index (χ2n) is 2.12. The Labute approximate surface area is 103 Å². The lowest BCUT2D eigenvalue weighted by Gasteiger charge is -1.85. The molecule has 0 aromatic heterocycles. The summed E-state index contributed by atoms with van der Waals surface area (Å²) in [5, 5.41) is 0. The largest absolute Gasteiger partial charge is 0.370 e. The van der Waals surface area contributed by atoms with Crippen molar-refractivity contribution in [2.45, 2.75) is 6.92 Å². The summed E-state index contributed by atoms with van der Waals surface area (Å²) in [6.45, 7) is 1.28. The summed E-state index contributed by atoms with van der Waals surface area (Å²) in [7, 11) is 0. The van der Waals surface area contributed by atoms with Gasteiger partial charge in [0.2, 0.25) is 5.91 Å². The molecule has 2 amide bonds. The molecule has 94 valence electrons. The maximum Gasteiger partial charge on any atom is 0.263 e. The van der Waals surface area contributed by atoms with Crippen LogP contribution in [0, 0.1) is 0 Å². The van der Waals surface area contributed by atoms with E-state index in [1.807, 2.05) is 0 Å². The van der Waals surface area contributed by atoms with E-state index in [4.69, 9.17) is 34.5 Å². The van der Waals surface area contributed by atoms with Crippen LogP contribution in [0.5, 0.6) is 0 Å². The molecule has 0 heterocycles. The first kappa shape index (κ1) is 19.9. The summed E-state index contributed by atoms with van der Waals surface area (Å²) in [6, 6.07) is 0. The number of carbonyl (C=O) groups is 2. The average Bonchev–Trinajstić information content (AvgIpc) is 2.01. The number of hydrogen-bond acceptors (Lipinski definition) is 2. The maximum absolute atomic E-state index is 10.1. The number of aliphatic imine (C=N–C) groups is 2. The van der Waals surface area contributed by atoms with E-state index < -0.39 is 5.91 Å². The van der Waals surface area contributed by atoms with E-state index in [2.05, 4.69) is 9.98 Å². The number of carbonyl (C=O) groups excluding carboxylic acids is 2. The standard InChI is InChI=1S/C3H6ClN3O.C3H7N3O.ClH/c4-1-2(8)7-3(5)6;1-2(7)6-3(4)5;/h1H2,(H4,5,6,7,8);1H3,(H4,4,5,6,7);1H. The second kappa shape index (κ2) is 11.5. The molecule has 0 unspecified atom stereocenters. The van der Waals surface area contributed by atoms with Crippen molar-refractivity contribution in [2.75, 3.05) is 5.88 Å². The SMILES string of the molecule is CC(=O)N=C(N)N.Cl.NC(N)=NC(=O)CCl. The van der Waals surface area contributed by atoms with Crippen molar-refractivity contribution in [2.24, 2.45) is 32.9 Å². The van der Waals surface area contributed by atoms with Crippen LogP contribution in [0.3, 0.4) is 0 Å². The Hall–Kier alpha value is -1.54. The molecule has 0 atom stereocenters. The zero-order chi connectivity index (χ0) is 12.4. The van der Waals surface area contributed by atoms with Gasteiger partial charge in [0, 0.05) is 6.92 Å². The molecule has 0 aliphatic rings. The van der Waals surface area contributed by atoms with Crippen LogP contribution in [0.15, 0.2) is 9.98 Å². The quantitative estimate of drug-likeness (QED) is 0.251. The van der Waals surface area contributed by atoms with Crippen LogP contribution < -0.4 is 22.9 Å². The summed E-state index contributed by atoms with van der Waals surface area (Å²) in [5.41, 5.74) is 19.2. The van der Waals surface area contributed by atoms with Crippen molar-refractivity contribution in [1.29, 1.82) is 0 Å². The fraction of sp³-hybridized carbons (Fsp3) is 0.333. The summed E-state index contributed by atoms with van der Waals surface area (Å²) in [5.74, 6) is -1.52. The van der Waals surface area contributed by atoms with Crippen molar-refractivity contribution < 1.29 is 9.59 Å². The zero-order valence-corrected chi connectivity index (χ0v) is 10.1. The van der Waals surface area contributed by atoms with Gasteiger partial charge in [-0.3, -0.25) is 9.59 Å². The molecule has 0 aliphatic carbocycles. The number of nitrogens with zero attached hydrogens (tertiary/aromatic N) is 2. The Morgan fingerprint density at radius 3 is 1.50 bits per heavy atom. The highest BCUT2D eigenvalue weighted by molar-refractivity contribution is 6.28. The topological polar surface area (TPSA) is 163 Å². The van der Waals surface area contributed by atoms with E-state index in [1.165, 1.54) is 6.92 Å². The van der Waals surface area contributed by atoms with Crippen LogP contribution in [0.2, 0.25) is 0 Å². The van der Waals surface area contributed by atoms with Gasteiger partial charge in [-0.2, -0.15) is 9.98 Å². The van der Waals surface area contributed by atoms with Gasteiger partial charge in [0.15, 0.2) is 11.9 Å². The third kappa shape index (κ3) is 22.9. The predicted octanol–water partition coefficient (Wildman–Crippen LogP) is -1.75. The number of guanidine groups is 2. The van der Waals surface area contributed by atoms with Gasteiger partial charge >= 0.3 is 0 Å². The Kier molecular flexibility index (Phi) is 14.4. The van der Waals surface area contributed by atoms with Crippen LogP contribution in [-0.4, -0.2) is 29.6 Å². The lowest BCUT2D eigenvalue weighted by molar-refractivity contribution is -0.116. The van der Waals surface area contributed by atoms with Crippen LogP contribution in [0.1, 0.15) is 6.92 Å². The molecule has 0 fully saturated rings. The van der Waals surface area contributed by atoms with Gasteiger partial charge in [0.25, 0.3) is 5.91 Å². The highest BCUT2D eigenvalue weighted by Crippen LogP contribution is 1.77. The molecular weight excluding hydrogens is 259 g/mol. The number of nitrogens with two attached hydrogens (primary N) is 4. The minimum absolute atomic E-state index is 0. The number of amides is 2. The van der Waals surface area contributed by atoms with E-state index in [1.54, 1.807) is 0 Å². The molecule has 0 spiro atoms. The van der Waals surface area contributed by atoms with Gasteiger partial charge in [-0.15, -0.1) is 24.0 Å². The maximum atomic E-state index is 10.1. The van der Waals surface area contributed by atoms with Crippen LogP contribution in [-0.2, 0) is 9.59 Å². The van der Waals surface area contributed by atoms with Gasteiger partial charge in [0.1, 0.15) is 5.88 Å². The lowest BCUT2D eigenvalue weighted by atomic mass is 10.7. The Morgan fingerprint density at radius 2 is 1.44 bits per heavy atom. The molecule has 0 saturated carbocycles. The van der Waals surface area contributed by atoms with Crippen LogP contribution in [0.25, 0.3) is 0 Å². The zero-order valence-electron chi connectivity index (χ0n) is 8.51. The van der Waals surface area contributed by atoms with Crippen LogP contribution >= 0.6 is 24.0 Å². The normalized spacial score (nSPS) is 7.38. The lowest BCUT2D eigenvalue weighted by Crippen LogP contribution is -2.24. The van der Waals surface area contributed by atoms with E-state index in [-0.39, 0.29) is 36.1 Å². The highest BCUT2D eigenvalue weighted by atomic mass is 35.5. The molecule has 0 bridgehead atoms. The first-order valence-electron chi connectivity index (χ1n) is 3.58. The Balaban J connectivity index is -0.000000200. The minimum Gasteiger partial charge on any atom is -0.370 e. The van der Waals surface area contributed by atoms with Crippen molar-refractivity contribution in [3.8, 4) is 0 Å². The van der Waals surface area contributed by atoms with E-state index in [0.29, 0.717) is 0 Å². The summed E-state index contributed by atoms with van der Waals surface area (Å²) >= 11 is 5.03. The summed E-state index contributed by atoms with van der Waals surface area (Å²) in [4.78, 5) is 26.3. The molecule has 8 N–H and O–H groups in total. The number of hydrogen-bond donors (Lipinski definition) is 4. The van der Waals surface area contributed by atoms with Crippen molar-refractivity contribution in [3.05, 3.63) is 0 Å². The van der Waals surface area contributed by atoms with Crippen molar-refractivity contribution in [1.82, 2.24) is 0 Å². The van der Waals surface area contributed by atoms with Gasteiger partial charge in [-0.1, -0.05) is 0 Å². The molecule has 0 aliphatic heterocycles. The Morgan fingerprint density at radius 1 is 1.06 bits per heavy atom. The molecule has 0 aromatic carbocycles. The van der Waals surface area contributed by atoms with Crippen molar-refractivity contribution >= 4 is 47.7 Å². The summed E-state index contributed by atoms with van der Waals surface area (Å²) in [6.07, 6.45) is 0. The van der Waals surface area contributed by atoms with Crippen LogP contribution in [0.4, 0.5) is 0 Å². The molecular formula is C6H14Cl2N6O2. The fourth-order valence-corrected chi connectivity index (χ4v) is 0.415. The average molecular weight is 273 g/mol. The van der Waals surface area contributed by atoms with Crippen molar-refractivity contribution in [3.63, 3.8) is 0 Å². The van der Waals surface area contributed by atoms with Gasteiger partial charge in [-0.25, -0.2) is 0 Å². The first-order valence-corrected chi connectivity index (χ1v) is 4.11. The third-order valence-corrected chi connectivity index (χ3v) is 0.883. The molecule has 0 radical (unpaired) electrons. The van der Waals surface area contributed by atoms with Gasteiger partial charge < -0.3 is 22.9 Å². The van der Waals surface area contributed by atoms with Gasteiger partial charge in [0.05, 0.1) is 0 Å².